The van der Waals surface area contributed by atoms with E-state index in [0.717, 1.165) is 36.5 Å². The number of carbonyl (C=O) groups is 2. The fourth-order valence-corrected chi connectivity index (χ4v) is 3.56. The van der Waals surface area contributed by atoms with Crippen molar-refractivity contribution < 1.29 is 14.3 Å². The van der Waals surface area contributed by atoms with Crippen LogP contribution in [0.25, 0.3) is 0 Å². The Morgan fingerprint density at radius 2 is 1.96 bits per heavy atom. The summed E-state index contributed by atoms with van der Waals surface area (Å²) in [5.41, 5.74) is 0.297. The summed E-state index contributed by atoms with van der Waals surface area (Å²) in [6.07, 6.45) is 6.22. The predicted molar refractivity (Wildman–Crippen MR) is 97.7 cm³/mol. The fourth-order valence-electron chi connectivity index (χ4n) is 2.93. The summed E-state index contributed by atoms with van der Waals surface area (Å²) in [6, 6.07) is 5.44. The molecular formula is C18H24ClNO3S. The third kappa shape index (κ3) is 4.90. The number of nitrogens with zero attached hydrogens (tertiary/aromatic N) is 1. The zero-order valence-corrected chi connectivity index (χ0v) is 16.0. The van der Waals surface area contributed by atoms with Gasteiger partial charge < -0.3 is 9.64 Å². The number of halogens is 1. The number of hydrogen-bond donors (Lipinski definition) is 0. The molecule has 6 heteroatoms. The molecule has 1 aromatic carbocycles. The number of amides is 1. The quantitative estimate of drug-likeness (QED) is 0.574. The predicted octanol–water partition coefficient (Wildman–Crippen LogP) is 4.26. The molecule has 0 heterocycles. The van der Waals surface area contributed by atoms with Crippen LogP contribution in [0.1, 0.15) is 43.0 Å². The van der Waals surface area contributed by atoms with Crippen molar-refractivity contribution in [1.82, 2.24) is 4.90 Å². The second kappa shape index (κ2) is 8.77. The number of carbonyl (C=O) groups excluding carboxylic acids is 2. The maximum absolute atomic E-state index is 12.3. The van der Waals surface area contributed by atoms with Gasteiger partial charge >= 0.3 is 5.97 Å². The van der Waals surface area contributed by atoms with Gasteiger partial charge in [-0.25, -0.2) is 4.79 Å². The molecule has 0 N–H and O–H groups in total. The van der Waals surface area contributed by atoms with E-state index in [1.54, 1.807) is 24.1 Å². The van der Waals surface area contributed by atoms with Crippen LogP contribution in [0.2, 0.25) is 5.02 Å². The molecule has 0 aliphatic heterocycles. The number of likely N-dealkylation sites (N-methyl/N-ethyl adjacent to an activating group) is 1. The van der Waals surface area contributed by atoms with Gasteiger partial charge in [-0.15, -0.1) is 11.8 Å². The maximum atomic E-state index is 12.3. The monoisotopic (exact) mass is 369 g/mol. The summed E-state index contributed by atoms with van der Waals surface area (Å²) in [5, 5.41) is 0.333. The molecule has 1 aromatic rings. The van der Waals surface area contributed by atoms with Gasteiger partial charge in [-0.3, -0.25) is 4.79 Å². The molecule has 24 heavy (non-hydrogen) atoms. The highest BCUT2D eigenvalue weighted by atomic mass is 35.5. The van der Waals surface area contributed by atoms with E-state index in [1.807, 2.05) is 12.3 Å². The van der Waals surface area contributed by atoms with Crippen molar-refractivity contribution in [2.75, 3.05) is 19.9 Å². The van der Waals surface area contributed by atoms with Crippen molar-refractivity contribution in [2.24, 2.45) is 5.92 Å². The second-order valence-corrected chi connectivity index (χ2v) is 7.63. The number of hydrogen-bond acceptors (Lipinski definition) is 4. The lowest BCUT2D eigenvalue weighted by molar-refractivity contribution is -0.136. The Labute approximate surface area is 152 Å². The van der Waals surface area contributed by atoms with Gasteiger partial charge in [0.1, 0.15) is 0 Å². The Balaban J connectivity index is 1.90. The van der Waals surface area contributed by atoms with Crippen molar-refractivity contribution in [1.29, 1.82) is 0 Å². The van der Waals surface area contributed by atoms with Gasteiger partial charge in [-0.2, -0.15) is 0 Å². The Morgan fingerprint density at radius 1 is 1.29 bits per heavy atom. The maximum Gasteiger partial charge on any atom is 0.340 e. The second-order valence-electron chi connectivity index (χ2n) is 6.34. The van der Waals surface area contributed by atoms with Crippen molar-refractivity contribution >= 4 is 35.2 Å². The molecule has 1 aliphatic rings. The number of benzene rings is 1. The number of ether oxygens (including phenoxy) is 1. The van der Waals surface area contributed by atoms with Crippen LogP contribution in [0.5, 0.6) is 0 Å². The van der Waals surface area contributed by atoms with Crippen LogP contribution in [0.15, 0.2) is 23.1 Å². The third-order valence-corrected chi connectivity index (χ3v) is 5.70. The molecule has 0 atom stereocenters. The molecule has 2 rings (SSSR count). The normalized spacial score (nSPS) is 20.5. The molecule has 0 unspecified atom stereocenters. The van der Waals surface area contributed by atoms with Gasteiger partial charge in [-0.05, 0) is 56.1 Å². The lowest BCUT2D eigenvalue weighted by Gasteiger charge is -2.33. The first-order chi connectivity index (χ1) is 11.4. The summed E-state index contributed by atoms with van der Waals surface area (Å²) < 4.78 is 5.18. The van der Waals surface area contributed by atoms with Gasteiger partial charge in [0.15, 0.2) is 6.61 Å². The van der Waals surface area contributed by atoms with E-state index in [-0.39, 0.29) is 18.6 Å². The van der Waals surface area contributed by atoms with Gasteiger partial charge in [0, 0.05) is 18.0 Å². The molecule has 0 bridgehead atoms. The van der Waals surface area contributed by atoms with Gasteiger partial charge in [-0.1, -0.05) is 18.5 Å². The van der Waals surface area contributed by atoms with Crippen molar-refractivity contribution in [3.05, 3.63) is 28.8 Å². The van der Waals surface area contributed by atoms with Crippen LogP contribution in [-0.4, -0.2) is 42.7 Å². The van der Waals surface area contributed by atoms with Crippen LogP contribution in [-0.2, 0) is 9.53 Å². The topological polar surface area (TPSA) is 46.6 Å². The van der Waals surface area contributed by atoms with E-state index in [9.17, 15) is 9.59 Å². The average molecular weight is 370 g/mol. The zero-order valence-electron chi connectivity index (χ0n) is 14.4. The van der Waals surface area contributed by atoms with Crippen LogP contribution in [0, 0.1) is 5.92 Å². The third-order valence-electron chi connectivity index (χ3n) is 4.65. The lowest BCUT2D eigenvalue weighted by atomic mass is 9.87. The molecule has 132 valence electrons. The Morgan fingerprint density at radius 3 is 2.58 bits per heavy atom. The van der Waals surface area contributed by atoms with Crippen LogP contribution < -0.4 is 0 Å². The average Bonchev–Trinajstić information content (AvgIpc) is 2.59. The van der Waals surface area contributed by atoms with Crippen LogP contribution in [0.4, 0.5) is 0 Å². The molecule has 0 aromatic heterocycles. The summed E-state index contributed by atoms with van der Waals surface area (Å²) >= 11 is 7.57. The van der Waals surface area contributed by atoms with Crippen LogP contribution in [0.3, 0.4) is 0 Å². The van der Waals surface area contributed by atoms with Gasteiger partial charge in [0.25, 0.3) is 5.91 Å². The first-order valence-electron chi connectivity index (χ1n) is 8.18. The SMILES string of the molecule is CSc1ccc(Cl)c(C(=O)OCC(=O)N(C)C2CCC(C)CC2)c1. The largest absolute Gasteiger partial charge is 0.452 e. The van der Waals surface area contributed by atoms with Crippen molar-refractivity contribution in [2.45, 2.75) is 43.5 Å². The highest BCUT2D eigenvalue weighted by Crippen LogP contribution is 2.27. The molecule has 1 fully saturated rings. The molecule has 0 radical (unpaired) electrons. The fraction of sp³-hybridized carbons (Fsp3) is 0.556. The summed E-state index contributed by atoms with van der Waals surface area (Å²) in [5.74, 6) is 0.00314. The number of rotatable bonds is 5. The first-order valence-corrected chi connectivity index (χ1v) is 9.79. The van der Waals surface area contributed by atoms with E-state index in [0.29, 0.717) is 10.6 Å². The number of thioether (sulfide) groups is 1. The van der Waals surface area contributed by atoms with Gasteiger partial charge in [0.2, 0.25) is 0 Å². The minimum absolute atomic E-state index is 0.167. The molecular weight excluding hydrogens is 346 g/mol. The van der Waals surface area contributed by atoms with E-state index in [2.05, 4.69) is 6.92 Å². The molecule has 0 spiro atoms. The Bertz CT molecular complexity index is 600. The highest BCUT2D eigenvalue weighted by molar-refractivity contribution is 7.98. The van der Waals surface area contributed by atoms with E-state index < -0.39 is 5.97 Å². The van der Waals surface area contributed by atoms with Crippen molar-refractivity contribution in [3.63, 3.8) is 0 Å². The molecule has 1 saturated carbocycles. The minimum atomic E-state index is -0.560. The first kappa shape index (κ1) is 19.1. The van der Waals surface area contributed by atoms with Crippen LogP contribution >= 0.6 is 23.4 Å². The molecule has 0 saturated heterocycles. The molecule has 4 nitrogen and oxygen atoms in total. The zero-order chi connectivity index (χ0) is 17.7. The molecule has 1 aliphatic carbocycles. The highest BCUT2D eigenvalue weighted by Gasteiger charge is 2.25. The van der Waals surface area contributed by atoms with E-state index >= 15 is 0 Å². The Kier molecular flexibility index (Phi) is 6.99. The summed E-state index contributed by atoms with van der Waals surface area (Å²) in [7, 11) is 1.79. The lowest BCUT2D eigenvalue weighted by Crippen LogP contribution is -2.41. The van der Waals surface area contributed by atoms with E-state index in [4.69, 9.17) is 16.3 Å². The Hall–Kier alpha value is -1.20. The summed E-state index contributed by atoms with van der Waals surface area (Å²) in [6.45, 7) is 1.99. The van der Waals surface area contributed by atoms with Gasteiger partial charge in [0.05, 0.1) is 10.6 Å². The van der Waals surface area contributed by atoms with E-state index in [1.165, 1.54) is 11.8 Å². The van der Waals surface area contributed by atoms with Crippen molar-refractivity contribution in [3.8, 4) is 0 Å². The smallest absolute Gasteiger partial charge is 0.340 e. The standard InChI is InChI=1S/C18H24ClNO3S/c1-12-4-6-13(7-5-12)20(2)17(21)11-23-18(22)15-10-14(24-3)8-9-16(15)19/h8-10,12-13H,4-7,11H2,1-3H3. The summed E-state index contributed by atoms with van der Waals surface area (Å²) in [4.78, 5) is 27.1. The molecule has 1 amide bonds. The minimum Gasteiger partial charge on any atom is -0.452 e. The number of esters is 1.